The van der Waals surface area contributed by atoms with Crippen LogP contribution in [0.4, 0.5) is 0 Å². The highest BCUT2D eigenvalue weighted by molar-refractivity contribution is 7.89. The third kappa shape index (κ3) is 3.39. The van der Waals surface area contributed by atoms with Crippen LogP contribution in [-0.2, 0) is 23.6 Å². The minimum atomic E-state index is -3.35. The molecule has 0 radical (unpaired) electrons. The third-order valence-corrected chi connectivity index (χ3v) is 4.44. The summed E-state index contributed by atoms with van der Waals surface area (Å²) < 4.78 is 23.8. The van der Waals surface area contributed by atoms with Gasteiger partial charge < -0.3 is 9.88 Å². The Morgan fingerprint density at radius 2 is 2.00 bits per heavy atom. The predicted molar refractivity (Wildman–Crippen MR) is 82.0 cm³/mol. The lowest BCUT2D eigenvalue weighted by Gasteiger charge is -2.07. The summed E-state index contributed by atoms with van der Waals surface area (Å²) in [7, 11) is -1.30. The maximum atomic E-state index is 10.8. The van der Waals surface area contributed by atoms with Gasteiger partial charge in [-0.2, -0.15) is 0 Å². The lowest BCUT2D eigenvalue weighted by molar-refractivity contribution is 0.588. The van der Waals surface area contributed by atoms with E-state index in [1.807, 2.05) is 12.1 Å². The van der Waals surface area contributed by atoms with Crippen molar-refractivity contribution in [3.05, 3.63) is 35.5 Å². The van der Waals surface area contributed by atoms with Crippen LogP contribution in [0.2, 0.25) is 0 Å². The van der Waals surface area contributed by atoms with Gasteiger partial charge in [-0.3, -0.25) is 0 Å². The summed E-state index contributed by atoms with van der Waals surface area (Å²) >= 11 is 0. The normalized spacial score (nSPS) is 12.2. The van der Waals surface area contributed by atoms with E-state index in [2.05, 4.69) is 36.0 Å². The van der Waals surface area contributed by atoms with Crippen molar-refractivity contribution < 1.29 is 8.42 Å². The van der Waals surface area contributed by atoms with Crippen molar-refractivity contribution in [2.45, 2.75) is 19.9 Å². The summed E-state index contributed by atoms with van der Waals surface area (Å²) in [6.07, 6.45) is 0.530. The van der Waals surface area contributed by atoms with Crippen LogP contribution >= 0.6 is 0 Å². The van der Waals surface area contributed by atoms with E-state index in [1.54, 1.807) is 0 Å². The van der Waals surface area contributed by atoms with Gasteiger partial charge in [-0.1, -0.05) is 18.2 Å². The molecule has 1 heterocycles. The van der Waals surface area contributed by atoms with E-state index in [4.69, 9.17) is 5.14 Å². The smallest absolute Gasteiger partial charge is 0.209 e. The number of hydrogen-bond acceptors (Lipinski definition) is 3. The van der Waals surface area contributed by atoms with Gasteiger partial charge in [0.05, 0.1) is 5.75 Å². The summed E-state index contributed by atoms with van der Waals surface area (Å²) in [5, 5.41) is 9.50. The molecule has 1 aromatic heterocycles. The highest BCUT2D eigenvalue weighted by atomic mass is 32.2. The number of primary sulfonamides is 1. The molecule has 0 amide bonds. The van der Waals surface area contributed by atoms with Crippen LogP contribution in [-0.4, -0.2) is 25.3 Å². The van der Waals surface area contributed by atoms with E-state index < -0.39 is 10.0 Å². The zero-order valence-electron chi connectivity index (χ0n) is 11.9. The molecule has 0 aliphatic heterocycles. The van der Waals surface area contributed by atoms with Crippen molar-refractivity contribution >= 4 is 20.9 Å². The van der Waals surface area contributed by atoms with Gasteiger partial charge in [0.2, 0.25) is 10.0 Å². The van der Waals surface area contributed by atoms with Crippen LogP contribution in [0.3, 0.4) is 0 Å². The fourth-order valence-corrected chi connectivity index (χ4v) is 3.04. The number of hydrogen-bond donors (Lipinski definition) is 2. The van der Waals surface area contributed by atoms with E-state index in [0.29, 0.717) is 13.0 Å². The highest BCUT2D eigenvalue weighted by Crippen LogP contribution is 2.24. The predicted octanol–water partition coefficient (Wildman–Crippen LogP) is 1.25. The van der Waals surface area contributed by atoms with Gasteiger partial charge in [-0.25, -0.2) is 13.6 Å². The van der Waals surface area contributed by atoms with Gasteiger partial charge in [0.1, 0.15) is 0 Å². The topological polar surface area (TPSA) is 77.1 Å². The molecule has 0 spiro atoms. The molecule has 5 nitrogen and oxygen atoms in total. The number of nitrogens with zero attached hydrogens (tertiary/aromatic N) is 1. The number of benzene rings is 1. The molecule has 0 bridgehead atoms. The van der Waals surface area contributed by atoms with Gasteiger partial charge in [-0.15, -0.1) is 0 Å². The molecular formula is C14H21N3O2S. The third-order valence-electron chi connectivity index (χ3n) is 3.58. The van der Waals surface area contributed by atoms with Crippen LogP contribution < -0.4 is 10.5 Å². The number of aryl methyl sites for hydroxylation is 2. The Labute approximate surface area is 119 Å². The highest BCUT2D eigenvalue weighted by Gasteiger charge is 2.10. The summed E-state index contributed by atoms with van der Waals surface area (Å²) in [6, 6.07) is 8.30. The molecule has 0 aliphatic carbocycles. The van der Waals surface area contributed by atoms with E-state index in [9.17, 15) is 8.42 Å². The number of nitrogens with two attached hydrogens (primary N) is 1. The molecule has 0 saturated heterocycles. The van der Waals surface area contributed by atoms with Crippen molar-refractivity contribution in [3.63, 3.8) is 0 Å². The fourth-order valence-electron chi connectivity index (χ4n) is 2.49. The first-order chi connectivity index (χ1) is 9.40. The van der Waals surface area contributed by atoms with Crippen molar-refractivity contribution in [3.8, 4) is 0 Å². The van der Waals surface area contributed by atoms with Crippen molar-refractivity contribution in [1.82, 2.24) is 9.88 Å². The minimum absolute atomic E-state index is 0.0219. The summed E-state index contributed by atoms with van der Waals surface area (Å²) in [6.45, 7) is 3.47. The maximum Gasteiger partial charge on any atom is 0.209 e. The van der Waals surface area contributed by atoms with E-state index in [1.165, 1.54) is 22.2 Å². The second-order valence-electron chi connectivity index (χ2n) is 5.05. The second-order valence-corrected chi connectivity index (χ2v) is 6.78. The second kappa shape index (κ2) is 5.95. The SMILES string of the molecule is Cc1c(CNCCCS(N)(=O)=O)n(C)c2ccccc12. The molecule has 0 saturated carbocycles. The van der Waals surface area contributed by atoms with Gasteiger partial charge in [0.25, 0.3) is 0 Å². The van der Waals surface area contributed by atoms with Crippen LogP contribution in [0.5, 0.6) is 0 Å². The summed E-state index contributed by atoms with van der Waals surface area (Å²) in [5.41, 5.74) is 3.70. The fraction of sp³-hybridized carbons (Fsp3) is 0.429. The standard InChI is InChI=1S/C14H21N3O2S/c1-11-12-6-3-4-7-13(12)17(2)14(11)10-16-8-5-9-20(15,18)19/h3-4,6-7,16H,5,8-10H2,1-2H3,(H2,15,18,19). The lowest BCUT2D eigenvalue weighted by atomic mass is 10.1. The van der Waals surface area contributed by atoms with Crippen molar-refractivity contribution in [1.29, 1.82) is 0 Å². The Morgan fingerprint density at radius 1 is 1.30 bits per heavy atom. The van der Waals surface area contributed by atoms with E-state index in [-0.39, 0.29) is 5.75 Å². The van der Waals surface area contributed by atoms with Crippen LogP contribution in [0.1, 0.15) is 17.7 Å². The van der Waals surface area contributed by atoms with Crippen LogP contribution in [0.25, 0.3) is 10.9 Å². The Morgan fingerprint density at radius 3 is 2.65 bits per heavy atom. The number of nitrogens with one attached hydrogen (secondary N) is 1. The number of aromatic nitrogens is 1. The Balaban J connectivity index is 2.00. The number of fused-ring (bicyclic) bond motifs is 1. The Kier molecular flexibility index (Phi) is 4.47. The molecule has 110 valence electrons. The first kappa shape index (κ1) is 15.0. The van der Waals surface area contributed by atoms with Gasteiger partial charge in [0, 0.05) is 30.2 Å². The molecule has 6 heteroatoms. The zero-order valence-corrected chi connectivity index (χ0v) is 12.7. The molecular weight excluding hydrogens is 274 g/mol. The molecule has 0 fully saturated rings. The molecule has 2 aromatic rings. The van der Waals surface area contributed by atoms with Gasteiger partial charge in [0.15, 0.2) is 0 Å². The summed E-state index contributed by atoms with van der Waals surface area (Å²) in [4.78, 5) is 0. The molecule has 0 unspecified atom stereocenters. The average Bonchev–Trinajstić information content (AvgIpc) is 2.62. The Hall–Kier alpha value is -1.37. The summed E-state index contributed by atoms with van der Waals surface area (Å²) in [5.74, 6) is 0.0219. The molecule has 2 rings (SSSR count). The molecule has 20 heavy (non-hydrogen) atoms. The maximum absolute atomic E-state index is 10.8. The van der Waals surface area contributed by atoms with Gasteiger partial charge in [-0.05, 0) is 31.5 Å². The number of sulfonamides is 1. The molecule has 3 N–H and O–H groups in total. The average molecular weight is 295 g/mol. The first-order valence-corrected chi connectivity index (χ1v) is 8.36. The van der Waals surface area contributed by atoms with E-state index >= 15 is 0 Å². The monoisotopic (exact) mass is 295 g/mol. The first-order valence-electron chi connectivity index (χ1n) is 6.64. The van der Waals surface area contributed by atoms with Crippen LogP contribution in [0, 0.1) is 6.92 Å². The molecule has 1 aromatic carbocycles. The van der Waals surface area contributed by atoms with Gasteiger partial charge >= 0.3 is 0 Å². The largest absolute Gasteiger partial charge is 0.346 e. The number of rotatable bonds is 6. The zero-order chi connectivity index (χ0) is 14.8. The molecule has 0 aliphatic rings. The Bertz CT molecular complexity index is 666. The minimum Gasteiger partial charge on any atom is -0.346 e. The van der Waals surface area contributed by atoms with Crippen molar-refractivity contribution in [2.75, 3.05) is 12.3 Å². The van der Waals surface area contributed by atoms with Crippen LogP contribution in [0.15, 0.2) is 24.3 Å². The lowest BCUT2D eigenvalue weighted by Crippen LogP contribution is -2.22. The van der Waals surface area contributed by atoms with E-state index in [0.717, 1.165) is 6.54 Å². The van der Waals surface area contributed by atoms with Crippen molar-refractivity contribution in [2.24, 2.45) is 12.2 Å². The molecule has 0 atom stereocenters. The quantitative estimate of drug-likeness (QED) is 0.788. The number of para-hydroxylation sites is 1.